The van der Waals surface area contributed by atoms with Gasteiger partial charge in [-0.1, -0.05) is 12.1 Å². The van der Waals surface area contributed by atoms with Crippen molar-refractivity contribution in [3.05, 3.63) is 45.9 Å². The number of thiazole rings is 1. The molecule has 0 fully saturated rings. The number of amides is 1. The van der Waals surface area contributed by atoms with Crippen molar-refractivity contribution >= 4 is 22.9 Å². The lowest BCUT2D eigenvalue weighted by molar-refractivity contribution is -0.115. The Bertz CT molecular complexity index is 578. The van der Waals surface area contributed by atoms with Gasteiger partial charge in [0.05, 0.1) is 18.2 Å². The summed E-state index contributed by atoms with van der Waals surface area (Å²) in [6, 6.07) is 7.64. The molecule has 1 aromatic carbocycles. The lowest BCUT2D eigenvalue weighted by Crippen LogP contribution is -2.15. The molecule has 0 aliphatic heterocycles. The van der Waals surface area contributed by atoms with E-state index in [0.717, 1.165) is 22.0 Å². The summed E-state index contributed by atoms with van der Waals surface area (Å²) in [6.07, 6.45) is 0.275. The van der Waals surface area contributed by atoms with Crippen molar-refractivity contribution in [3.8, 4) is 0 Å². The average molecular weight is 275 g/mol. The molecule has 1 atom stereocenters. The third-order valence-electron chi connectivity index (χ3n) is 2.60. The van der Waals surface area contributed by atoms with E-state index in [4.69, 9.17) is 5.73 Å². The van der Waals surface area contributed by atoms with Gasteiger partial charge in [-0.3, -0.25) is 4.79 Å². The molecule has 0 aliphatic rings. The molecule has 2 rings (SSSR count). The molecule has 1 heterocycles. The number of carbonyl (C=O) groups excluding carboxylic acids is 1. The average Bonchev–Trinajstić information content (AvgIpc) is 2.77. The summed E-state index contributed by atoms with van der Waals surface area (Å²) >= 11 is 1.49. The number of aromatic nitrogens is 1. The van der Waals surface area contributed by atoms with Crippen LogP contribution in [0.2, 0.25) is 0 Å². The summed E-state index contributed by atoms with van der Waals surface area (Å²) < 4.78 is 0. The summed E-state index contributed by atoms with van der Waals surface area (Å²) in [5.74, 6) is -0.0628. The minimum atomic E-state index is -0.0846. The number of benzene rings is 1. The van der Waals surface area contributed by atoms with Crippen molar-refractivity contribution in [3.63, 3.8) is 0 Å². The highest BCUT2D eigenvalue weighted by Gasteiger charge is 2.10. The Hall–Kier alpha value is -1.72. The summed E-state index contributed by atoms with van der Waals surface area (Å²) in [5.41, 5.74) is 8.44. The predicted octanol–water partition coefficient (Wildman–Crippen LogP) is 2.65. The molecule has 4 nitrogen and oxygen atoms in total. The molecule has 100 valence electrons. The van der Waals surface area contributed by atoms with Gasteiger partial charge in [0.25, 0.3) is 0 Å². The molecule has 0 saturated carbocycles. The summed E-state index contributed by atoms with van der Waals surface area (Å²) in [4.78, 5) is 16.2. The van der Waals surface area contributed by atoms with Crippen molar-refractivity contribution in [2.45, 2.75) is 26.3 Å². The highest BCUT2D eigenvalue weighted by Crippen LogP contribution is 2.16. The first-order chi connectivity index (χ1) is 9.04. The van der Waals surface area contributed by atoms with E-state index < -0.39 is 0 Å². The molecule has 5 heteroatoms. The topological polar surface area (TPSA) is 68.0 Å². The van der Waals surface area contributed by atoms with Crippen LogP contribution in [0.25, 0.3) is 0 Å². The van der Waals surface area contributed by atoms with Gasteiger partial charge >= 0.3 is 0 Å². The van der Waals surface area contributed by atoms with E-state index in [0.29, 0.717) is 0 Å². The molecule has 0 aliphatic carbocycles. The first-order valence-corrected chi connectivity index (χ1v) is 6.99. The number of anilines is 1. The Labute approximate surface area is 116 Å². The van der Waals surface area contributed by atoms with Gasteiger partial charge < -0.3 is 11.1 Å². The smallest absolute Gasteiger partial charge is 0.230 e. The van der Waals surface area contributed by atoms with Crippen LogP contribution in [0.4, 0.5) is 5.69 Å². The molecule has 1 aromatic heterocycles. The quantitative estimate of drug-likeness (QED) is 0.901. The van der Waals surface area contributed by atoms with E-state index in [9.17, 15) is 4.79 Å². The number of nitrogens with zero attached hydrogens (tertiary/aromatic N) is 1. The number of nitrogens with two attached hydrogens (primary N) is 1. The van der Waals surface area contributed by atoms with Crippen LogP contribution >= 0.6 is 11.3 Å². The number of nitrogens with one attached hydrogen (secondary N) is 1. The lowest BCUT2D eigenvalue weighted by atomic mass is 10.2. The zero-order valence-corrected chi connectivity index (χ0v) is 11.8. The minimum absolute atomic E-state index is 0.0628. The number of hydrogen-bond acceptors (Lipinski definition) is 4. The molecule has 0 radical (unpaired) electrons. The summed E-state index contributed by atoms with van der Waals surface area (Å²) in [7, 11) is 0. The molecule has 1 amide bonds. The van der Waals surface area contributed by atoms with Crippen LogP contribution in [-0.2, 0) is 11.2 Å². The number of rotatable bonds is 4. The zero-order valence-electron chi connectivity index (χ0n) is 11.0. The third-order valence-corrected chi connectivity index (χ3v) is 3.70. The molecule has 19 heavy (non-hydrogen) atoms. The van der Waals surface area contributed by atoms with Gasteiger partial charge in [0.15, 0.2) is 0 Å². The van der Waals surface area contributed by atoms with Crippen molar-refractivity contribution in [2.24, 2.45) is 5.73 Å². The van der Waals surface area contributed by atoms with E-state index in [-0.39, 0.29) is 18.4 Å². The maximum atomic E-state index is 11.9. The van der Waals surface area contributed by atoms with Crippen LogP contribution in [0.3, 0.4) is 0 Å². The molecule has 2 aromatic rings. The van der Waals surface area contributed by atoms with Crippen LogP contribution in [0.1, 0.15) is 29.2 Å². The SMILES string of the molecule is Cc1cccc(NC(=O)Cc2csc(C(C)N)n2)c1. The Balaban J connectivity index is 1.97. The fourth-order valence-corrected chi connectivity index (χ4v) is 2.48. The Kier molecular flexibility index (Phi) is 4.29. The van der Waals surface area contributed by atoms with Crippen LogP contribution in [-0.4, -0.2) is 10.9 Å². The number of carbonyl (C=O) groups is 1. The number of hydrogen-bond donors (Lipinski definition) is 2. The second-order valence-corrected chi connectivity index (χ2v) is 5.45. The second kappa shape index (κ2) is 5.95. The number of aryl methyl sites for hydroxylation is 1. The first-order valence-electron chi connectivity index (χ1n) is 6.11. The largest absolute Gasteiger partial charge is 0.326 e. The van der Waals surface area contributed by atoms with E-state index in [1.807, 2.05) is 43.5 Å². The van der Waals surface area contributed by atoms with E-state index in [1.165, 1.54) is 11.3 Å². The molecule has 0 bridgehead atoms. The van der Waals surface area contributed by atoms with Gasteiger partial charge in [-0.15, -0.1) is 11.3 Å². The van der Waals surface area contributed by atoms with Crippen LogP contribution in [0.15, 0.2) is 29.6 Å². The van der Waals surface area contributed by atoms with Crippen LogP contribution in [0.5, 0.6) is 0 Å². The van der Waals surface area contributed by atoms with E-state index in [1.54, 1.807) is 0 Å². The van der Waals surface area contributed by atoms with Crippen molar-refractivity contribution < 1.29 is 4.79 Å². The minimum Gasteiger partial charge on any atom is -0.326 e. The fourth-order valence-electron chi connectivity index (χ4n) is 1.71. The van der Waals surface area contributed by atoms with Crippen molar-refractivity contribution in [2.75, 3.05) is 5.32 Å². The Morgan fingerprint density at radius 3 is 2.95 bits per heavy atom. The van der Waals surface area contributed by atoms with Gasteiger partial charge in [-0.2, -0.15) is 0 Å². The summed E-state index contributed by atoms with van der Waals surface area (Å²) in [6.45, 7) is 3.88. The maximum absolute atomic E-state index is 11.9. The summed E-state index contributed by atoms with van der Waals surface area (Å²) in [5, 5.41) is 5.61. The molecular weight excluding hydrogens is 258 g/mol. The third kappa shape index (κ3) is 3.87. The second-order valence-electron chi connectivity index (χ2n) is 4.56. The maximum Gasteiger partial charge on any atom is 0.230 e. The molecule has 1 unspecified atom stereocenters. The van der Waals surface area contributed by atoms with Gasteiger partial charge in [0, 0.05) is 11.1 Å². The van der Waals surface area contributed by atoms with Crippen molar-refractivity contribution in [1.29, 1.82) is 0 Å². The highest BCUT2D eigenvalue weighted by molar-refractivity contribution is 7.09. The monoisotopic (exact) mass is 275 g/mol. The normalized spacial score (nSPS) is 12.2. The lowest BCUT2D eigenvalue weighted by Gasteiger charge is -2.04. The Morgan fingerprint density at radius 2 is 2.32 bits per heavy atom. The molecule has 0 saturated heterocycles. The van der Waals surface area contributed by atoms with Crippen molar-refractivity contribution in [1.82, 2.24) is 4.98 Å². The molecular formula is C14H17N3OS. The molecule has 3 N–H and O–H groups in total. The Morgan fingerprint density at radius 1 is 1.53 bits per heavy atom. The van der Waals surface area contributed by atoms with Gasteiger partial charge in [-0.25, -0.2) is 4.98 Å². The van der Waals surface area contributed by atoms with Gasteiger partial charge in [-0.05, 0) is 31.5 Å². The van der Waals surface area contributed by atoms with Gasteiger partial charge in [0.2, 0.25) is 5.91 Å². The standard InChI is InChI=1S/C14H17N3OS/c1-9-4-3-5-11(6-9)16-13(18)7-12-8-19-14(17-12)10(2)15/h3-6,8,10H,7,15H2,1-2H3,(H,16,18). The predicted molar refractivity (Wildman–Crippen MR) is 78.2 cm³/mol. The fraction of sp³-hybridized carbons (Fsp3) is 0.286. The zero-order chi connectivity index (χ0) is 13.8. The van der Waals surface area contributed by atoms with Gasteiger partial charge in [0.1, 0.15) is 5.01 Å². The molecule has 0 spiro atoms. The van der Waals surface area contributed by atoms with E-state index in [2.05, 4.69) is 10.3 Å². The van der Waals surface area contributed by atoms with Crippen LogP contribution in [0, 0.1) is 6.92 Å². The van der Waals surface area contributed by atoms with E-state index >= 15 is 0 Å². The van der Waals surface area contributed by atoms with Crippen LogP contribution < -0.4 is 11.1 Å². The highest BCUT2D eigenvalue weighted by atomic mass is 32.1. The first kappa shape index (κ1) is 13.7.